The Bertz CT molecular complexity index is 765. The Morgan fingerprint density at radius 2 is 1.63 bits per heavy atom. The van der Waals surface area contributed by atoms with Gasteiger partial charge in [-0.25, -0.2) is 4.90 Å². The van der Waals surface area contributed by atoms with Gasteiger partial charge in [-0.05, 0) is 45.4 Å². The maximum Gasteiger partial charge on any atom is 0.500 e. The van der Waals surface area contributed by atoms with Crippen molar-refractivity contribution in [3.63, 3.8) is 0 Å². The Labute approximate surface area is 178 Å². The molecule has 0 bridgehead atoms. The predicted octanol–water partition coefficient (Wildman–Crippen LogP) is 2.71. The van der Waals surface area contributed by atoms with Gasteiger partial charge >= 0.3 is 8.80 Å². The lowest BCUT2D eigenvalue weighted by atomic mass is 10.1. The fourth-order valence-corrected chi connectivity index (χ4v) is 6.33. The van der Waals surface area contributed by atoms with Crippen LogP contribution in [0, 0.1) is 0 Å². The monoisotopic (exact) mass is 434 g/mol. The van der Waals surface area contributed by atoms with Crippen LogP contribution in [0.1, 0.15) is 32.8 Å². The van der Waals surface area contributed by atoms with Gasteiger partial charge in [0.2, 0.25) is 0 Å². The summed E-state index contributed by atoms with van der Waals surface area (Å²) in [6.07, 6.45) is 3.43. The predicted molar refractivity (Wildman–Crippen MR) is 114 cm³/mol. The van der Waals surface area contributed by atoms with E-state index in [9.17, 15) is 9.59 Å². The molecule has 0 atom stereocenters. The lowest BCUT2D eigenvalue weighted by Gasteiger charge is -2.32. The number of nitrogens with zero attached hydrogens (tertiary/aromatic N) is 2. The van der Waals surface area contributed by atoms with Crippen LogP contribution < -0.4 is 9.64 Å². The van der Waals surface area contributed by atoms with Gasteiger partial charge in [0.15, 0.2) is 0 Å². The van der Waals surface area contributed by atoms with Crippen molar-refractivity contribution in [1.29, 1.82) is 0 Å². The lowest BCUT2D eigenvalue weighted by Crippen LogP contribution is -2.46. The molecule has 0 aromatic heterocycles. The Hall–Kier alpha value is -2.04. The third-order valence-electron chi connectivity index (χ3n) is 4.96. The highest BCUT2D eigenvalue weighted by Crippen LogP contribution is 2.31. The molecule has 0 fully saturated rings. The van der Waals surface area contributed by atoms with E-state index in [-0.39, 0.29) is 11.8 Å². The topological polar surface area (TPSA) is 77.5 Å². The van der Waals surface area contributed by atoms with E-state index in [2.05, 4.69) is 4.90 Å². The molecule has 0 saturated heterocycles. The summed E-state index contributed by atoms with van der Waals surface area (Å²) < 4.78 is 23.6. The van der Waals surface area contributed by atoms with Gasteiger partial charge in [-0.2, -0.15) is 0 Å². The number of ether oxygens (including phenoxy) is 1. The van der Waals surface area contributed by atoms with Gasteiger partial charge in [0.05, 0.1) is 5.69 Å². The van der Waals surface area contributed by atoms with E-state index in [0.717, 1.165) is 30.3 Å². The van der Waals surface area contributed by atoms with E-state index in [0.29, 0.717) is 38.8 Å². The van der Waals surface area contributed by atoms with Crippen molar-refractivity contribution < 1.29 is 27.6 Å². The molecule has 30 heavy (non-hydrogen) atoms. The molecular formula is C21H30N2O6Si. The van der Waals surface area contributed by atoms with Crippen LogP contribution in [-0.2, 0) is 29.4 Å². The molecule has 3 rings (SSSR count). The molecule has 2 aliphatic rings. The van der Waals surface area contributed by atoms with Crippen molar-refractivity contribution in [3.05, 3.63) is 35.9 Å². The minimum Gasteiger partial charge on any atom is -0.478 e. The third-order valence-corrected chi connectivity index (χ3v) is 8.11. The van der Waals surface area contributed by atoms with Crippen LogP contribution >= 0.6 is 0 Å². The molecule has 0 saturated carbocycles. The standard InChI is InChI=1S/C21H30N2O6Si/c1-4-27-30(28-5-2,29-6-3)13-7-12-22-15-17-14-18(8-9-19(17)26-16-22)23-20(24)10-11-21(23)25/h8-11,14H,4-7,12-13,15-16H2,1-3H3. The van der Waals surface area contributed by atoms with E-state index in [4.69, 9.17) is 18.0 Å². The van der Waals surface area contributed by atoms with Crippen molar-refractivity contribution in [2.24, 2.45) is 0 Å². The van der Waals surface area contributed by atoms with Crippen molar-refractivity contribution in [2.45, 2.75) is 39.8 Å². The summed E-state index contributed by atoms with van der Waals surface area (Å²) >= 11 is 0. The highest BCUT2D eigenvalue weighted by molar-refractivity contribution is 6.60. The van der Waals surface area contributed by atoms with E-state index >= 15 is 0 Å². The maximum absolute atomic E-state index is 12.0. The molecule has 164 valence electrons. The van der Waals surface area contributed by atoms with Crippen molar-refractivity contribution in [2.75, 3.05) is 38.0 Å². The van der Waals surface area contributed by atoms with E-state index in [1.54, 1.807) is 6.07 Å². The van der Waals surface area contributed by atoms with Gasteiger partial charge in [0.1, 0.15) is 12.5 Å². The molecule has 8 nitrogen and oxygen atoms in total. The lowest BCUT2D eigenvalue weighted by molar-refractivity contribution is -0.119. The van der Waals surface area contributed by atoms with E-state index < -0.39 is 8.80 Å². The second-order valence-corrected chi connectivity index (χ2v) is 9.78. The summed E-state index contributed by atoms with van der Waals surface area (Å²) in [5, 5.41) is 0. The van der Waals surface area contributed by atoms with Gasteiger partial charge in [0.25, 0.3) is 11.8 Å². The summed E-state index contributed by atoms with van der Waals surface area (Å²) in [4.78, 5) is 27.3. The molecule has 0 unspecified atom stereocenters. The number of benzene rings is 1. The summed E-state index contributed by atoms with van der Waals surface area (Å²) in [5.74, 6) is 0.138. The van der Waals surface area contributed by atoms with Gasteiger partial charge in [-0.1, -0.05) is 0 Å². The average molecular weight is 435 g/mol. The van der Waals surface area contributed by atoms with Gasteiger partial charge in [-0.15, -0.1) is 0 Å². The largest absolute Gasteiger partial charge is 0.500 e. The van der Waals surface area contributed by atoms with Crippen LogP contribution in [0.25, 0.3) is 0 Å². The Kier molecular flexibility index (Phi) is 7.79. The van der Waals surface area contributed by atoms with Crippen LogP contribution in [0.15, 0.2) is 30.4 Å². The molecule has 1 aromatic rings. The minimum atomic E-state index is -2.65. The van der Waals surface area contributed by atoms with Crippen molar-refractivity contribution in [1.82, 2.24) is 4.90 Å². The normalized spacial score (nSPS) is 16.8. The zero-order valence-corrected chi connectivity index (χ0v) is 18.9. The van der Waals surface area contributed by atoms with Gasteiger partial charge < -0.3 is 18.0 Å². The average Bonchev–Trinajstić information content (AvgIpc) is 3.06. The van der Waals surface area contributed by atoms with Crippen LogP contribution in [0.5, 0.6) is 5.75 Å². The summed E-state index contributed by atoms with van der Waals surface area (Å²) in [6.45, 7) is 9.54. The minimum absolute atomic E-state index is 0.322. The third kappa shape index (κ3) is 5.16. The molecule has 2 heterocycles. The van der Waals surface area contributed by atoms with Crippen molar-refractivity contribution in [3.8, 4) is 5.75 Å². The summed E-state index contributed by atoms with van der Waals surface area (Å²) in [7, 11) is -2.65. The Morgan fingerprint density at radius 1 is 1.00 bits per heavy atom. The van der Waals surface area contributed by atoms with Crippen LogP contribution in [-0.4, -0.2) is 58.6 Å². The first-order chi connectivity index (χ1) is 14.5. The van der Waals surface area contributed by atoms with Crippen LogP contribution in [0.2, 0.25) is 6.04 Å². The van der Waals surface area contributed by atoms with Crippen LogP contribution in [0.3, 0.4) is 0 Å². The molecule has 0 spiro atoms. The second kappa shape index (κ2) is 10.3. The molecule has 0 aliphatic carbocycles. The molecule has 0 radical (unpaired) electrons. The fourth-order valence-electron chi connectivity index (χ4n) is 3.74. The number of rotatable bonds is 11. The second-order valence-electron chi connectivity index (χ2n) is 7.05. The number of hydrogen-bond acceptors (Lipinski definition) is 7. The highest BCUT2D eigenvalue weighted by atomic mass is 28.4. The number of carbonyl (C=O) groups excluding carboxylic acids is 2. The van der Waals surface area contributed by atoms with E-state index in [1.165, 1.54) is 17.1 Å². The summed E-state index contributed by atoms with van der Waals surface area (Å²) in [5.41, 5.74) is 1.52. The quantitative estimate of drug-likeness (QED) is 0.391. The van der Waals surface area contributed by atoms with Gasteiger partial charge in [0, 0.05) is 56.7 Å². The molecule has 2 aliphatic heterocycles. The highest BCUT2D eigenvalue weighted by Gasteiger charge is 2.40. The number of imide groups is 1. The number of anilines is 1. The number of carbonyl (C=O) groups is 2. The fraction of sp³-hybridized carbons (Fsp3) is 0.524. The Balaban J connectivity index is 1.61. The molecule has 2 amide bonds. The van der Waals surface area contributed by atoms with Crippen LogP contribution in [0.4, 0.5) is 5.69 Å². The van der Waals surface area contributed by atoms with E-state index in [1.807, 2.05) is 32.9 Å². The number of fused-ring (bicyclic) bond motifs is 1. The smallest absolute Gasteiger partial charge is 0.478 e. The SMILES string of the molecule is CCO[Si](CCCN1COc2ccc(N3C(=O)C=CC3=O)cc2C1)(OCC)OCC. The number of hydrogen-bond donors (Lipinski definition) is 0. The first-order valence-corrected chi connectivity index (χ1v) is 12.4. The Morgan fingerprint density at radius 3 is 2.23 bits per heavy atom. The zero-order chi connectivity index (χ0) is 21.6. The van der Waals surface area contributed by atoms with Crippen molar-refractivity contribution >= 4 is 26.3 Å². The summed E-state index contributed by atoms with van der Waals surface area (Å²) in [6, 6.07) is 6.15. The first kappa shape index (κ1) is 22.6. The molecule has 1 aromatic carbocycles. The maximum atomic E-state index is 12.0. The molecule has 9 heteroatoms. The zero-order valence-electron chi connectivity index (χ0n) is 17.9. The molecule has 0 N–H and O–H groups in total. The molecular weight excluding hydrogens is 404 g/mol. The number of amides is 2. The van der Waals surface area contributed by atoms with Gasteiger partial charge in [-0.3, -0.25) is 14.5 Å². The first-order valence-electron chi connectivity index (χ1n) is 10.5.